The van der Waals surface area contributed by atoms with Gasteiger partial charge in [-0.3, -0.25) is 4.79 Å². The molecule has 0 unspecified atom stereocenters. The van der Waals surface area contributed by atoms with Crippen molar-refractivity contribution in [1.82, 2.24) is 5.32 Å². The Morgan fingerprint density at radius 3 is 1.95 bits per heavy atom. The van der Waals surface area contributed by atoms with Crippen LogP contribution in [0.4, 0.5) is 5.69 Å². The Morgan fingerprint density at radius 1 is 0.850 bits per heavy atom. The molecule has 102 valence electrons. The highest BCUT2D eigenvalue weighted by atomic mass is 35.5. The van der Waals surface area contributed by atoms with E-state index in [1.165, 1.54) is 0 Å². The van der Waals surface area contributed by atoms with Crippen molar-refractivity contribution in [1.29, 1.82) is 0 Å². The summed E-state index contributed by atoms with van der Waals surface area (Å²) in [5.74, 6) is -0.0452. The minimum absolute atomic E-state index is 0.0434. The number of rotatable bonds is 4. The summed E-state index contributed by atoms with van der Waals surface area (Å²) in [7, 11) is 0. The van der Waals surface area contributed by atoms with Crippen LogP contribution < -0.4 is 10.6 Å². The molecule has 0 aliphatic heterocycles. The quantitative estimate of drug-likeness (QED) is 0.891. The second kappa shape index (κ2) is 6.98. The molecule has 0 saturated heterocycles. The van der Waals surface area contributed by atoms with Gasteiger partial charge in [-0.1, -0.05) is 59.6 Å². The van der Waals surface area contributed by atoms with Crippen LogP contribution in [-0.4, -0.2) is 5.91 Å². The molecule has 0 atom stereocenters. The van der Waals surface area contributed by atoms with E-state index in [-0.39, 0.29) is 16.2 Å². The van der Waals surface area contributed by atoms with Crippen LogP contribution in [0, 0.1) is 0 Å². The summed E-state index contributed by atoms with van der Waals surface area (Å²) in [4.78, 5) is 12.0. The molecular weight excluding hydrogens is 295 g/mol. The van der Waals surface area contributed by atoms with Gasteiger partial charge in [0.1, 0.15) is 10.3 Å². The molecular formula is C15H12Cl2N2O. The van der Waals surface area contributed by atoms with Gasteiger partial charge < -0.3 is 10.6 Å². The van der Waals surface area contributed by atoms with Crippen molar-refractivity contribution in [2.45, 2.75) is 0 Å². The van der Waals surface area contributed by atoms with E-state index in [2.05, 4.69) is 10.6 Å². The number of hydrogen-bond acceptors (Lipinski definition) is 2. The first kappa shape index (κ1) is 14.4. The molecule has 0 saturated carbocycles. The van der Waals surface area contributed by atoms with E-state index in [1.807, 2.05) is 36.4 Å². The van der Waals surface area contributed by atoms with Crippen molar-refractivity contribution in [2.24, 2.45) is 0 Å². The highest BCUT2D eigenvalue weighted by Crippen LogP contribution is 2.16. The van der Waals surface area contributed by atoms with E-state index in [1.54, 1.807) is 24.3 Å². The number of anilines is 1. The standard InChI is InChI=1S/C15H12Cl2N2O/c16-13(17)14(18-12-9-5-2-6-10-12)19-15(20)11-7-3-1-4-8-11/h1-10,18H,(H,19,20). The zero-order chi connectivity index (χ0) is 14.4. The fraction of sp³-hybridized carbons (Fsp3) is 0. The van der Waals surface area contributed by atoms with Crippen LogP contribution in [0.15, 0.2) is 71.0 Å². The van der Waals surface area contributed by atoms with E-state index in [0.717, 1.165) is 5.69 Å². The van der Waals surface area contributed by atoms with E-state index >= 15 is 0 Å². The summed E-state index contributed by atoms with van der Waals surface area (Å²) in [5.41, 5.74) is 1.30. The Morgan fingerprint density at radius 2 is 1.40 bits per heavy atom. The molecule has 5 heteroatoms. The van der Waals surface area contributed by atoms with Crippen molar-refractivity contribution in [3.05, 3.63) is 76.5 Å². The maximum Gasteiger partial charge on any atom is 0.256 e. The monoisotopic (exact) mass is 306 g/mol. The van der Waals surface area contributed by atoms with Gasteiger partial charge in [0.15, 0.2) is 0 Å². The lowest BCUT2D eigenvalue weighted by atomic mass is 10.2. The van der Waals surface area contributed by atoms with Gasteiger partial charge >= 0.3 is 0 Å². The van der Waals surface area contributed by atoms with Crippen molar-refractivity contribution in [3.63, 3.8) is 0 Å². The third-order valence-electron chi connectivity index (χ3n) is 2.51. The highest BCUT2D eigenvalue weighted by Gasteiger charge is 2.10. The Hall–Kier alpha value is -1.97. The van der Waals surface area contributed by atoms with Gasteiger partial charge in [-0.15, -0.1) is 0 Å². The largest absolute Gasteiger partial charge is 0.340 e. The van der Waals surface area contributed by atoms with Crippen molar-refractivity contribution in [2.75, 3.05) is 5.32 Å². The van der Waals surface area contributed by atoms with Crippen LogP contribution >= 0.6 is 23.2 Å². The first-order chi connectivity index (χ1) is 9.66. The van der Waals surface area contributed by atoms with Gasteiger partial charge in [-0.05, 0) is 24.3 Å². The van der Waals surface area contributed by atoms with Gasteiger partial charge in [0, 0.05) is 11.3 Å². The maximum atomic E-state index is 12.0. The lowest BCUT2D eigenvalue weighted by Gasteiger charge is -2.12. The molecule has 0 spiro atoms. The molecule has 3 nitrogen and oxygen atoms in total. The van der Waals surface area contributed by atoms with Gasteiger partial charge in [0.2, 0.25) is 0 Å². The number of carbonyl (C=O) groups excluding carboxylic acids is 1. The normalized spacial score (nSPS) is 9.70. The molecule has 0 aliphatic rings. The predicted octanol–water partition coefficient (Wildman–Crippen LogP) is 4.13. The summed E-state index contributed by atoms with van der Waals surface area (Å²) in [6.45, 7) is 0. The molecule has 2 aromatic rings. The summed E-state index contributed by atoms with van der Waals surface area (Å²) >= 11 is 11.6. The lowest BCUT2D eigenvalue weighted by molar-refractivity contribution is 0.0966. The number of halogens is 2. The number of amides is 1. The molecule has 0 heterocycles. The van der Waals surface area contributed by atoms with Crippen molar-refractivity contribution in [3.8, 4) is 0 Å². The second-order valence-electron chi connectivity index (χ2n) is 3.95. The van der Waals surface area contributed by atoms with Crippen LogP contribution in [0.1, 0.15) is 10.4 Å². The molecule has 2 N–H and O–H groups in total. The SMILES string of the molecule is O=C(NC(Nc1ccccc1)=C(Cl)Cl)c1ccccc1. The number of benzene rings is 2. The zero-order valence-corrected chi connectivity index (χ0v) is 11.9. The van der Waals surface area contributed by atoms with E-state index in [4.69, 9.17) is 23.2 Å². The van der Waals surface area contributed by atoms with Gasteiger partial charge in [-0.25, -0.2) is 0 Å². The van der Waals surface area contributed by atoms with Gasteiger partial charge in [0.05, 0.1) is 0 Å². The van der Waals surface area contributed by atoms with E-state index in [0.29, 0.717) is 5.56 Å². The van der Waals surface area contributed by atoms with E-state index in [9.17, 15) is 4.79 Å². The minimum Gasteiger partial charge on any atom is -0.340 e. The van der Waals surface area contributed by atoms with E-state index < -0.39 is 0 Å². The Balaban J connectivity index is 2.12. The van der Waals surface area contributed by atoms with Crippen molar-refractivity contribution >= 4 is 34.8 Å². The molecule has 0 bridgehead atoms. The predicted molar refractivity (Wildman–Crippen MR) is 82.7 cm³/mol. The molecule has 2 rings (SSSR count). The molecule has 0 aliphatic carbocycles. The number of nitrogens with one attached hydrogen (secondary N) is 2. The van der Waals surface area contributed by atoms with Crippen LogP contribution in [-0.2, 0) is 0 Å². The summed E-state index contributed by atoms with van der Waals surface area (Å²) in [5, 5.41) is 5.61. The average Bonchev–Trinajstić information content (AvgIpc) is 2.48. The van der Waals surface area contributed by atoms with Crippen LogP contribution in [0.3, 0.4) is 0 Å². The fourth-order valence-corrected chi connectivity index (χ4v) is 1.76. The summed E-state index contributed by atoms with van der Waals surface area (Å²) in [6.07, 6.45) is 0. The first-order valence-corrected chi connectivity index (χ1v) is 6.66. The summed E-state index contributed by atoms with van der Waals surface area (Å²) in [6, 6.07) is 18.1. The third-order valence-corrected chi connectivity index (χ3v) is 2.88. The lowest BCUT2D eigenvalue weighted by Crippen LogP contribution is -2.27. The Kier molecular flexibility index (Phi) is 5.04. The molecule has 0 radical (unpaired) electrons. The number of hydrogen-bond donors (Lipinski definition) is 2. The highest BCUT2D eigenvalue weighted by molar-refractivity contribution is 6.56. The molecule has 2 aromatic carbocycles. The molecule has 1 amide bonds. The second-order valence-corrected chi connectivity index (χ2v) is 4.90. The fourth-order valence-electron chi connectivity index (χ4n) is 1.57. The molecule has 20 heavy (non-hydrogen) atoms. The average molecular weight is 307 g/mol. The molecule has 0 aromatic heterocycles. The van der Waals surface area contributed by atoms with Gasteiger partial charge in [0.25, 0.3) is 5.91 Å². The van der Waals surface area contributed by atoms with Gasteiger partial charge in [-0.2, -0.15) is 0 Å². The smallest absolute Gasteiger partial charge is 0.256 e. The number of para-hydroxylation sites is 1. The zero-order valence-electron chi connectivity index (χ0n) is 10.4. The Bertz CT molecular complexity index is 608. The van der Waals surface area contributed by atoms with Crippen LogP contribution in [0.5, 0.6) is 0 Å². The topological polar surface area (TPSA) is 41.1 Å². The van der Waals surface area contributed by atoms with Crippen LogP contribution in [0.25, 0.3) is 0 Å². The Labute approximate surface area is 127 Å². The minimum atomic E-state index is -0.289. The summed E-state index contributed by atoms with van der Waals surface area (Å²) < 4.78 is -0.0434. The first-order valence-electron chi connectivity index (χ1n) is 5.90. The maximum absolute atomic E-state index is 12.0. The molecule has 0 fully saturated rings. The van der Waals surface area contributed by atoms with Crippen molar-refractivity contribution < 1.29 is 4.79 Å². The number of carbonyl (C=O) groups is 1. The van der Waals surface area contributed by atoms with Crippen LogP contribution in [0.2, 0.25) is 0 Å². The third kappa shape index (κ3) is 4.02.